The third kappa shape index (κ3) is 4.75. The van der Waals surface area contributed by atoms with Gasteiger partial charge in [-0.15, -0.1) is 0 Å². The molecule has 114 valence electrons. The Bertz CT molecular complexity index is 529. The van der Waals surface area contributed by atoms with Gasteiger partial charge in [-0.2, -0.15) is 4.98 Å². The molecule has 0 atom stereocenters. The topological polar surface area (TPSA) is 69.4 Å². The molecule has 2 rings (SSSR count). The highest BCUT2D eigenvalue weighted by Gasteiger charge is 2.08. The van der Waals surface area contributed by atoms with Crippen molar-refractivity contribution in [2.24, 2.45) is 0 Å². The highest BCUT2D eigenvalue weighted by Crippen LogP contribution is 2.26. The number of aromatic nitrogens is 2. The number of ether oxygens (including phenoxy) is 2. The van der Waals surface area contributed by atoms with E-state index in [2.05, 4.69) is 29.3 Å². The molecule has 0 unspecified atom stereocenters. The van der Waals surface area contributed by atoms with Crippen LogP contribution in [0.2, 0.25) is 0 Å². The minimum absolute atomic E-state index is 0.271. The van der Waals surface area contributed by atoms with Crippen molar-refractivity contribution in [3.8, 4) is 11.5 Å². The van der Waals surface area contributed by atoms with Crippen molar-refractivity contribution < 1.29 is 14.0 Å². The number of benzene rings is 1. The zero-order chi connectivity index (χ0) is 14.9. The number of hydrogen-bond donors (Lipinski definition) is 1. The molecule has 2 aromatic rings. The van der Waals surface area contributed by atoms with Gasteiger partial charge < -0.3 is 19.3 Å². The van der Waals surface area contributed by atoms with E-state index in [1.54, 1.807) is 0 Å². The Balaban J connectivity index is 2.08. The molecule has 0 fully saturated rings. The summed E-state index contributed by atoms with van der Waals surface area (Å²) in [4.78, 5) is 3.95. The largest absolute Gasteiger partial charge is 0.493 e. The molecule has 0 aliphatic heterocycles. The first-order chi connectivity index (χ1) is 10.3. The van der Waals surface area contributed by atoms with Crippen molar-refractivity contribution in [1.29, 1.82) is 0 Å². The van der Waals surface area contributed by atoms with Crippen LogP contribution in [-0.4, -0.2) is 23.3 Å². The lowest BCUT2D eigenvalue weighted by Gasteiger charge is -2.13. The fourth-order valence-electron chi connectivity index (χ4n) is 1.78. The maximum absolute atomic E-state index is 5.79. The molecule has 0 aliphatic carbocycles. The van der Waals surface area contributed by atoms with Gasteiger partial charge in [-0.3, -0.25) is 0 Å². The summed E-state index contributed by atoms with van der Waals surface area (Å²) in [6.45, 7) is 6.75. The normalized spacial score (nSPS) is 10.6. The molecule has 0 bridgehead atoms. The Morgan fingerprint density at radius 1 is 1.24 bits per heavy atom. The molecule has 0 spiro atoms. The van der Waals surface area contributed by atoms with Crippen LogP contribution in [0, 0.1) is 0 Å². The summed E-state index contributed by atoms with van der Waals surface area (Å²) in [5.41, 5.74) is 1.07. The number of nitrogens with zero attached hydrogens (tertiary/aromatic N) is 2. The molecule has 6 nitrogen and oxygen atoms in total. The van der Waals surface area contributed by atoms with Gasteiger partial charge in [0.15, 0.2) is 6.61 Å². The van der Waals surface area contributed by atoms with Crippen molar-refractivity contribution in [2.75, 3.05) is 13.2 Å². The first kappa shape index (κ1) is 15.3. The molecule has 0 aliphatic rings. The maximum Gasteiger partial charge on any atom is 0.213 e. The van der Waals surface area contributed by atoms with Crippen LogP contribution in [0.15, 0.2) is 29.1 Å². The lowest BCUT2D eigenvalue weighted by atomic mass is 10.2. The van der Waals surface area contributed by atoms with Crippen LogP contribution in [-0.2, 0) is 13.2 Å². The zero-order valence-corrected chi connectivity index (χ0v) is 12.5. The predicted octanol–water partition coefficient (Wildman–Crippen LogP) is 2.55. The smallest absolute Gasteiger partial charge is 0.213 e. The van der Waals surface area contributed by atoms with Crippen molar-refractivity contribution in [3.63, 3.8) is 0 Å². The quantitative estimate of drug-likeness (QED) is 0.765. The lowest BCUT2D eigenvalue weighted by molar-refractivity contribution is 0.277. The van der Waals surface area contributed by atoms with E-state index in [1.807, 2.05) is 18.2 Å². The second-order valence-corrected chi connectivity index (χ2v) is 4.53. The number of hydrogen-bond acceptors (Lipinski definition) is 6. The Morgan fingerprint density at radius 3 is 2.86 bits per heavy atom. The van der Waals surface area contributed by atoms with Crippen LogP contribution in [0.3, 0.4) is 0 Å². The van der Waals surface area contributed by atoms with Gasteiger partial charge in [-0.25, -0.2) is 0 Å². The molecule has 21 heavy (non-hydrogen) atoms. The Morgan fingerprint density at radius 2 is 2.14 bits per heavy atom. The van der Waals surface area contributed by atoms with E-state index in [1.165, 1.54) is 6.39 Å². The summed E-state index contributed by atoms with van der Waals surface area (Å²) in [6, 6.07) is 5.88. The van der Waals surface area contributed by atoms with Gasteiger partial charge >= 0.3 is 0 Å². The van der Waals surface area contributed by atoms with E-state index in [0.717, 1.165) is 36.6 Å². The monoisotopic (exact) mass is 291 g/mol. The summed E-state index contributed by atoms with van der Waals surface area (Å²) < 4.78 is 16.1. The zero-order valence-electron chi connectivity index (χ0n) is 12.5. The average Bonchev–Trinajstić information content (AvgIpc) is 3.03. The van der Waals surface area contributed by atoms with Crippen LogP contribution >= 0.6 is 0 Å². The molecule has 0 saturated carbocycles. The fourth-order valence-corrected chi connectivity index (χ4v) is 1.78. The Labute approximate surface area is 124 Å². The summed E-state index contributed by atoms with van der Waals surface area (Å²) >= 11 is 0. The van der Waals surface area contributed by atoms with Crippen LogP contribution < -0.4 is 14.8 Å². The van der Waals surface area contributed by atoms with Gasteiger partial charge in [-0.1, -0.05) is 25.1 Å². The molecule has 0 amide bonds. The molecule has 1 N–H and O–H groups in total. The molecule has 1 aromatic carbocycles. The average molecular weight is 291 g/mol. The van der Waals surface area contributed by atoms with Crippen LogP contribution in [0.4, 0.5) is 0 Å². The summed E-state index contributed by atoms with van der Waals surface area (Å²) in [5, 5.41) is 7.03. The molecule has 6 heteroatoms. The SMILES string of the molecule is CCCOc1ccc(CNCC)c(OCc2ncon2)c1. The van der Waals surface area contributed by atoms with E-state index in [0.29, 0.717) is 12.4 Å². The molecular formula is C15H21N3O3. The summed E-state index contributed by atoms with van der Waals surface area (Å²) in [6.07, 6.45) is 2.26. The summed E-state index contributed by atoms with van der Waals surface area (Å²) in [5.74, 6) is 2.10. The first-order valence-electron chi connectivity index (χ1n) is 7.18. The van der Waals surface area contributed by atoms with E-state index >= 15 is 0 Å². The van der Waals surface area contributed by atoms with E-state index in [9.17, 15) is 0 Å². The van der Waals surface area contributed by atoms with E-state index < -0.39 is 0 Å². The minimum atomic E-state index is 0.271. The third-order valence-electron chi connectivity index (χ3n) is 2.84. The molecular weight excluding hydrogens is 270 g/mol. The number of rotatable bonds is 9. The van der Waals surface area contributed by atoms with Gasteiger partial charge in [0.05, 0.1) is 6.61 Å². The number of nitrogens with one attached hydrogen (secondary N) is 1. The fraction of sp³-hybridized carbons (Fsp3) is 0.467. The van der Waals surface area contributed by atoms with Gasteiger partial charge in [0.25, 0.3) is 0 Å². The van der Waals surface area contributed by atoms with Gasteiger partial charge in [0.1, 0.15) is 11.5 Å². The highest BCUT2D eigenvalue weighted by atomic mass is 16.5. The van der Waals surface area contributed by atoms with Crippen molar-refractivity contribution in [3.05, 3.63) is 36.0 Å². The molecule has 1 heterocycles. The minimum Gasteiger partial charge on any atom is -0.493 e. The van der Waals surface area contributed by atoms with Crippen molar-refractivity contribution in [2.45, 2.75) is 33.4 Å². The third-order valence-corrected chi connectivity index (χ3v) is 2.84. The van der Waals surface area contributed by atoms with Gasteiger partial charge in [0.2, 0.25) is 12.2 Å². The molecule has 0 radical (unpaired) electrons. The Hall–Kier alpha value is -2.08. The molecule has 1 aromatic heterocycles. The van der Waals surface area contributed by atoms with Crippen LogP contribution in [0.5, 0.6) is 11.5 Å². The van der Waals surface area contributed by atoms with Crippen molar-refractivity contribution in [1.82, 2.24) is 15.5 Å². The van der Waals surface area contributed by atoms with Gasteiger partial charge in [-0.05, 0) is 19.0 Å². The first-order valence-corrected chi connectivity index (χ1v) is 7.18. The summed E-state index contributed by atoms with van der Waals surface area (Å²) in [7, 11) is 0. The standard InChI is InChI=1S/C15H21N3O3/c1-3-7-19-13-6-5-12(9-16-4-2)14(8-13)20-10-15-17-11-21-18-15/h5-6,8,11,16H,3-4,7,9-10H2,1-2H3. The van der Waals surface area contributed by atoms with Crippen LogP contribution in [0.25, 0.3) is 0 Å². The molecule has 0 saturated heterocycles. The van der Waals surface area contributed by atoms with E-state index in [4.69, 9.17) is 14.0 Å². The lowest BCUT2D eigenvalue weighted by Crippen LogP contribution is -2.13. The Kier molecular flexibility index (Phi) is 6.02. The second kappa shape index (κ2) is 8.26. The highest BCUT2D eigenvalue weighted by molar-refractivity contribution is 5.40. The van der Waals surface area contributed by atoms with E-state index in [-0.39, 0.29) is 6.61 Å². The maximum atomic E-state index is 5.79. The van der Waals surface area contributed by atoms with Crippen LogP contribution in [0.1, 0.15) is 31.7 Å². The second-order valence-electron chi connectivity index (χ2n) is 4.53. The van der Waals surface area contributed by atoms with Crippen molar-refractivity contribution >= 4 is 0 Å². The predicted molar refractivity (Wildman–Crippen MR) is 78.2 cm³/mol. The van der Waals surface area contributed by atoms with Gasteiger partial charge in [0, 0.05) is 18.2 Å².